The first-order chi connectivity index (χ1) is 19.8. The van der Waals surface area contributed by atoms with E-state index in [1.54, 1.807) is 42.5 Å². The number of Topliss-reactive ketones (excluding diaryl/α,β-unsaturated/α-hetero) is 1. The zero-order valence-corrected chi connectivity index (χ0v) is 24.7. The lowest BCUT2D eigenvalue weighted by atomic mass is 10.0. The average molecular weight is 656 g/mol. The molecule has 12 heteroatoms. The number of hydrogen-bond acceptors (Lipinski definition) is 9. The van der Waals surface area contributed by atoms with Gasteiger partial charge in [-0.05, 0) is 70.0 Å². The molecule has 5 rings (SSSR count). The van der Waals surface area contributed by atoms with Crippen molar-refractivity contribution in [3.05, 3.63) is 88.7 Å². The molecular formula is C29H20BrClN2O7S. The van der Waals surface area contributed by atoms with Crippen molar-refractivity contribution >= 4 is 56.3 Å². The predicted molar refractivity (Wildman–Crippen MR) is 157 cm³/mol. The quantitative estimate of drug-likeness (QED) is 0.307. The number of rotatable bonds is 6. The van der Waals surface area contributed by atoms with E-state index in [2.05, 4.69) is 15.9 Å². The highest BCUT2D eigenvalue weighted by Crippen LogP contribution is 2.36. The van der Waals surface area contributed by atoms with Gasteiger partial charge in [0.05, 0.1) is 34.5 Å². The number of methoxy groups -OCH3 is 2. The average Bonchev–Trinajstić information content (AvgIpc) is 3.29. The van der Waals surface area contributed by atoms with E-state index in [0.717, 1.165) is 11.3 Å². The third kappa shape index (κ3) is 5.29. The van der Waals surface area contributed by atoms with Crippen LogP contribution in [0.25, 0.3) is 17.3 Å². The molecule has 0 amide bonds. The van der Waals surface area contributed by atoms with Crippen LogP contribution in [0.3, 0.4) is 0 Å². The number of ketones is 1. The van der Waals surface area contributed by atoms with E-state index in [0.29, 0.717) is 33.2 Å². The molecule has 1 aromatic heterocycles. The van der Waals surface area contributed by atoms with Crippen LogP contribution in [0.15, 0.2) is 57.8 Å². The number of phenols is 1. The standard InChI is InChI=1S/C29H20BrClN2O7S/c1-37-21-7-6-16(31)13-20(21)33-28(36)24(12-15-10-19(30)26(35)23(11-15)38-2)41-29(33)18(14-32)25(34)17-4-3-5-22-27(17)40-9-8-39-22/h3-7,10-13,35H,8-9H2,1-2H3/b24-12-,29-18-. The van der Waals surface area contributed by atoms with Gasteiger partial charge >= 0.3 is 0 Å². The van der Waals surface area contributed by atoms with Gasteiger partial charge in [-0.15, -0.1) is 11.3 Å². The van der Waals surface area contributed by atoms with Crippen LogP contribution in [-0.4, -0.2) is 42.9 Å². The summed E-state index contributed by atoms with van der Waals surface area (Å²) in [5.74, 6) is 0.368. The van der Waals surface area contributed by atoms with Crippen molar-refractivity contribution < 1.29 is 28.8 Å². The Balaban J connectivity index is 1.85. The number of ether oxygens (including phenoxy) is 4. The van der Waals surface area contributed by atoms with Crippen LogP contribution < -0.4 is 33.7 Å². The molecule has 0 radical (unpaired) electrons. The van der Waals surface area contributed by atoms with Gasteiger partial charge in [0.1, 0.15) is 35.3 Å². The van der Waals surface area contributed by atoms with E-state index in [9.17, 15) is 20.0 Å². The van der Waals surface area contributed by atoms with Crippen LogP contribution >= 0.6 is 38.9 Å². The normalized spacial score (nSPS) is 13.4. The number of carbonyl (C=O) groups is 1. The Morgan fingerprint density at radius 1 is 1.15 bits per heavy atom. The maximum atomic E-state index is 14.0. The molecule has 9 nitrogen and oxygen atoms in total. The molecule has 0 bridgehead atoms. The molecule has 0 saturated carbocycles. The summed E-state index contributed by atoms with van der Waals surface area (Å²) in [4.78, 5) is 27.8. The van der Waals surface area contributed by atoms with E-state index >= 15 is 0 Å². The summed E-state index contributed by atoms with van der Waals surface area (Å²) < 4.78 is 23.9. The molecule has 0 saturated heterocycles. The van der Waals surface area contributed by atoms with Crippen molar-refractivity contribution in [1.82, 2.24) is 4.57 Å². The summed E-state index contributed by atoms with van der Waals surface area (Å²) in [6, 6.07) is 14.7. The minimum atomic E-state index is -0.647. The number of aromatic nitrogens is 1. The Morgan fingerprint density at radius 3 is 2.63 bits per heavy atom. The third-order valence-electron chi connectivity index (χ3n) is 6.14. The summed E-state index contributed by atoms with van der Waals surface area (Å²) >= 11 is 10.5. The topological polar surface area (TPSA) is 120 Å². The fourth-order valence-corrected chi connectivity index (χ4v) is 5.99. The van der Waals surface area contributed by atoms with Crippen LogP contribution in [0.4, 0.5) is 0 Å². The van der Waals surface area contributed by atoms with Crippen LogP contribution in [0.1, 0.15) is 15.9 Å². The minimum absolute atomic E-state index is 0.0634. The van der Waals surface area contributed by atoms with Crippen molar-refractivity contribution in [3.63, 3.8) is 0 Å². The van der Waals surface area contributed by atoms with Gasteiger partial charge in [-0.25, -0.2) is 0 Å². The molecule has 0 spiro atoms. The van der Waals surface area contributed by atoms with Crippen LogP contribution in [-0.2, 0) is 0 Å². The van der Waals surface area contributed by atoms with Gasteiger partial charge in [-0.2, -0.15) is 5.26 Å². The predicted octanol–water partition coefficient (Wildman–Crippen LogP) is 4.19. The number of fused-ring (bicyclic) bond motifs is 1. The van der Waals surface area contributed by atoms with Crippen molar-refractivity contribution in [3.8, 4) is 40.5 Å². The lowest BCUT2D eigenvalue weighted by Gasteiger charge is -2.20. The van der Waals surface area contributed by atoms with Crippen LogP contribution in [0, 0.1) is 11.3 Å². The minimum Gasteiger partial charge on any atom is -0.503 e. The monoisotopic (exact) mass is 654 g/mol. The first-order valence-electron chi connectivity index (χ1n) is 12.0. The highest BCUT2D eigenvalue weighted by Gasteiger charge is 2.26. The maximum Gasteiger partial charge on any atom is 0.273 e. The van der Waals surface area contributed by atoms with Gasteiger partial charge in [0.15, 0.2) is 23.0 Å². The third-order valence-corrected chi connectivity index (χ3v) is 8.07. The van der Waals surface area contributed by atoms with Crippen molar-refractivity contribution in [2.24, 2.45) is 0 Å². The molecule has 1 aliphatic heterocycles. The molecule has 3 aromatic carbocycles. The van der Waals surface area contributed by atoms with Gasteiger partial charge < -0.3 is 24.1 Å². The van der Waals surface area contributed by atoms with Gasteiger partial charge in [-0.1, -0.05) is 17.7 Å². The van der Waals surface area contributed by atoms with E-state index < -0.39 is 11.3 Å². The summed E-state index contributed by atoms with van der Waals surface area (Å²) in [5.41, 5.74) is 0.0800. The van der Waals surface area contributed by atoms with Gasteiger partial charge in [0, 0.05) is 5.02 Å². The zero-order chi connectivity index (χ0) is 29.3. The number of nitrogens with zero attached hydrogens (tertiary/aromatic N) is 2. The van der Waals surface area contributed by atoms with Gasteiger partial charge in [0.2, 0.25) is 5.78 Å². The smallest absolute Gasteiger partial charge is 0.273 e. The second-order valence-electron chi connectivity index (χ2n) is 8.57. The number of halogens is 2. The van der Waals surface area contributed by atoms with Crippen molar-refractivity contribution in [1.29, 1.82) is 5.26 Å². The summed E-state index contributed by atoms with van der Waals surface area (Å²) in [5, 5.41) is 20.8. The summed E-state index contributed by atoms with van der Waals surface area (Å²) in [7, 11) is 2.84. The highest BCUT2D eigenvalue weighted by atomic mass is 79.9. The molecule has 208 valence electrons. The molecule has 0 fully saturated rings. The number of nitriles is 1. The number of para-hydroxylation sites is 1. The highest BCUT2D eigenvalue weighted by molar-refractivity contribution is 9.10. The van der Waals surface area contributed by atoms with E-state index in [1.807, 2.05) is 6.07 Å². The Labute approximate surface area is 250 Å². The number of aromatic hydroxyl groups is 1. The molecule has 0 aliphatic carbocycles. The molecular weight excluding hydrogens is 636 g/mol. The van der Waals surface area contributed by atoms with E-state index in [-0.39, 0.29) is 49.9 Å². The number of hydrogen-bond donors (Lipinski definition) is 1. The van der Waals surface area contributed by atoms with Crippen LogP contribution in [0.2, 0.25) is 5.02 Å². The van der Waals surface area contributed by atoms with E-state index in [1.165, 1.54) is 30.9 Å². The largest absolute Gasteiger partial charge is 0.503 e. The Morgan fingerprint density at radius 2 is 1.90 bits per heavy atom. The Hall–Kier alpha value is -4.24. The summed E-state index contributed by atoms with van der Waals surface area (Å²) in [6.45, 7) is 0.573. The number of carbonyl (C=O) groups excluding carboxylic acids is 1. The molecule has 2 heterocycles. The van der Waals surface area contributed by atoms with Crippen molar-refractivity contribution in [2.75, 3.05) is 27.4 Å². The van der Waals surface area contributed by atoms with Gasteiger partial charge in [-0.3, -0.25) is 14.2 Å². The SMILES string of the molecule is COc1ccc(Cl)cc1-n1c(=O)/c(=C/c2cc(Br)c(O)c(OC)c2)s/c1=C(/C#N)C(=O)c1cccc2c1OCCO2. The molecule has 1 N–H and O–H groups in total. The molecule has 4 aromatic rings. The molecule has 1 aliphatic rings. The first-order valence-corrected chi connectivity index (χ1v) is 14.0. The lowest BCUT2D eigenvalue weighted by Crippen LogP contribution is -2.32. The first kappa shape index (κ1) is 28.3. The number of benzene rings is 3. The molecule has 0 atom stereocenters. The molecule has 41 heavy (non-hydrogen) atoms. The second-order valence-corrected chi connectivity index (χ2v) is 10.9. The van der Waals surface area contributed by atoms with Crippen molar-refractivity contribution in [2.45, 2.75) is 0 Å². The zero-order valence-electron chi connectivity index (χ0n) is 21.6. The fraction of sp³-hybridized carbons (Fsp3) is 0.138. The molecule has 0 unspecified atom stereocenters. The Bertz CT molecular complexity index is 1930. The Kier molecular flexibility index (Phi) is 8.08. The number of thiazole rings is 1. The lowest BCUT2D eigenvalue weighted by molar-refractivity contribution is 0.104. The number of phenolic OH excluding ortho intramolecular Hbond substituents is 1. The van der Waals surface area contributed by atoms with E-state index in [4.69, 9.17) is 30.5 Å². The second kappa shape index (κ2) is 11.7. The summed E-state index contributed by atoms with van der Waals surface area (Å²) in [6.07, 6.45) is 1.57. The maximum absolute atomic E-state index is 14.0. The fourth-order valence-electron chi connectivity index (χ4n) is 4.27. The van der Waals surface area contributed by atoms with Gasteiger partial charge in [0.25, 0.3) is 5.56 Å². The van der Waals surface area contributed by atoms with Crippen LogP contribution in [0.5, 0.6) is 28.7 Å².